The van der Waals surface area contributed by atoms with Gasteiger partial charge in [-0.05, 0) is 18.2 Å². The lowest BCUT2D eigenvalue weighted by Crippen LogP contribution is -2.49. The number of nitrogens with zero attached hydrogens (tertiary/aromatic N) is 5. The van der Waals surface area contributed by atoms with Crippen molar-refractivity contribution in [1.29, 1.82) is 0 Å². The molecule has 1 saturated heterocycles. The molecule has 3 rings (SSSR count). The second-order valence-corrected chi connectivity index (χ2v) is 5.89. The van der Waals surface area contributed by atoms with E-state index in [1.54, 1.807) is 6.20 Å². The molecule has 3 heterocycles. The average molecular weight is 356 g/mol. The van der Waals surface area contributed by atoms with Gasteiger partial charge in [-0.2, -0.15) is 0 Å². The van der Waals surface area contributed by atoms with Crippen LogP contribution in [0.5, 0.6) is 0 Å². The first kappa shape index (κ1) is 17.6. The predicted molar refractivity (Wildman–Crippen MR) is 97.0 cm³/mol. The summed E-state index contributed by atoms with van der Waals surface area (Å²) in [5, 5.41) is 13.6. The van der Waals surface area contributed by atoms with Crippen LogP contribution >= 0.6 is 0 Å². The molecule has 1 N–H and O–H groups in total. The van der Waals surface area contributed by atoms with E-state index >= 15 is 0 Å². The number of piperazine rings is 1. The minimum atomic E-state index is -0.495. The summed E-state index contributed by atoms with van der Waals surface area (Å²) in [5.74, 6) is 1.54. The Balaban J connectivity index is 1.41. The Morgan fingerprint density at radius 1 is 1.15 bits per heavy atom. The fraction of sp³-hybridized carbons (Fsp3) is 0.353. The molecule has 0 aromatic carbocycles. The third-order valence-electron chi connectivity index (χ3n) is 4.21. The molecule has 0 radical (unpaired) electrons. The van der Waals surface area contributed by atoms with Gasteiger partial charge >= 0.3 is 0 Å². The van der Waals surface area contributed by atoms with E-state index < -0.39 is 4.92 Å². The van der Waals surface area contributed by atoms with Gasteiger partial charge in [0.25, 0.3) is 5.69 Å². The van der Waals surface area contributed by atoms with Crippen LogP contribution in [-0.2, 0) is 4.79 Å². The molecule has 1 fully saturated rings. The molecular weight excluding hydrogens is 336 g/mol. The fourth-order valence-corrected chi connectivity index (χ4v) is 2.78. The zero-order chi connectivity index (χ0) is 18.4. The Kier molecular flexibility index (Phi) is 5.57. The molecule has 1 amide bonds. The highest BCUT2D eigenvalue weighted by atomic mass is 16.6. The number of hydrogen-bond acceptors (Lipinski definition) is 7. The third kappa shape index (κ3) is 4.44. The van der Waals surface area contributed by atoms with E-state index in [1.165, 1.54) is 18.3 Å². The van der Waals surface area contributed by atoms with Crippen molar-refractivity contribution >= 4 is 23.2 Å². The van der Waals surface area contributed by atoms with Crippen LogP contribution in [0.15, 0.2) is 42.7 Å². The van der Waals surface area contributed by atoms with Crippen molar-refractivity contribution in [1.82, 2.24) is 14.9 Å². The summed E-state index contributed by atoms with van der Waals surface area (Å²) in [5.41, 5.74) is -0.0580. The summed E-state index contributed by atoms with van der Waals surface area (Å²) in [6, 6.07) is 8.73. The summed E-state index contributed by atoms with van der Waals surface area (Å²) in [7, 11) is 0. The second-order valence-electron chi connectivity index (χ2n) is 5.89. The summed E-state index contributed by atoms with van der Waals surface area (Å²) in [6.45, 7) is 3.31. The van der Waals surface area contributed by atoms with E-state index in [9.17, 15) is 14.9 Å². The van der Waals surface area contributed by atoms with Crippen LogP contribution in [0.25, 0.3) is 0 Å². The van der Waals surface area contributed by atoms with Gasteiger partial charge < -0.3 is 15.1 Å². The van der Waals surface area contributed by atoms with Gasteiger partial charge in [0.05, 0.1) is 4.92 Å². The molecule has 0 bridgehead atoms. The molecule has 136 valence electrons. The minimum Gasteiger partial charge on any atom is -0.370 e. The molecule has 2 aromatic rings. The quantitative estimate of drug-likeness (QED) is 0.618. The summed E-state index contributed by atoms with van der Waals surface area (Å²) in [6.07, 6.45) is 3.31. The molecule has 9 nitrogen and oxygen atoms in total. The van der Waals surface area contributed by atoms with Gasteiger partial charge in [0.15, 0.2) is 0 Å². The van der Waals surface area contributed by atoms with Crippen LogP contribution in [0.4, 0.5) is 17.3 Å². The fourth-order valence-electron chi connectivity index (χ4n) is 2.78. The van der Waals surface area contributed by atoms with Gasteiger partial charge in [-0.3, -0.25) is 14.9 Å². The van der Waals surface area contributed by atoms with E-state index in [0.717, 1.165) is 18.9 Å². The number of hydrogen-bond donors (Lipinski definition) is 1. The van der Waals surface area contributed by atoms with Gasteiger partial charge in [0.2, 0.25) is 5.91 Å². The van der Waals surface area contributed by atoms with Crippen molar-refractivity contribution in [3.63, 3.8) is 0 Å². The highest BCUT2D eigenvalue weighted by Gasteiger charge is 2.21. The van der Waals surface area contributed by atoms with Crippen molar-refractivity contribution in [2.45, 2.75) is 6.42 Å². The largest absolute Gasteiger partial charge is 0.370 e. The number of amides is 1. The Morgan fingerprint density at radius 3 is 2.58 bits per heavy atom. The summed E-state index contributed by atoms with van der Waals surface area (Å²) < 4.78 is 0. The summed E-state index contributed by atoms with van der Waals surface area (Å²) >= 11 is 0. The maximum atomic E-state index is 12.3. The van der Waals surface area contributed by atoms with Gasteiger partial charge in [-0.15, -0.1) is 0 Å². The van der Waals surface area contributed by atoms with Gasteiger partial charge in [-0.25, -0.2) is 9.97 Å². The van der Waals surface area contributed by atoms with Crippen molar-refractivity contribution in [3.05, 3.63) is 52.8 Å². The van der Waals surface area contributed by atoms with Crippen molar-refractivity contribution in [2.24, 2.45) is 0 Å². The number of nitrogens with one attached hydrogen (secondary N) is 1. The molecule has 1 aliphatic rings. The first-order valence-corrected chi connectivity index (χ1v) is 8.41. The number of anilines is 2. The van der Waals surface area contributed by atoms with Crippen LogP contribution in [0.1, 0.15) is 6.42 Å². The van der Waals surface area contributed by atoms with Crippen molar-refractivity contribution in [3.8, 4) is 0 Å². The molecule has 2 aromatic heterocycles. The van der Waals surface area contributed by atoms with E-state index in [2.05, 4.69) is 20.2 Å². The molecule has 0 spiro atoms. The third-order valence-corrected chi connectivity index (χ3v) is 4.21. The summed E-state index contributed by atoms with van der Waals surface area (Å²) in [4.78, 5) is 34.7. The average Bonchev–Trinajstić information content (AvgIpc) is 2.69. The smallest absolute Gasteiger partial charge is 0.287 e. The minimum absolute atomic E-state index is 0.0580. The Hall–Kier alpha value is -3.23. The van der Waals surface area contributed by atoms with Gasteiger partial charge in [-0.1, -0.05) is 6.07 Å². The highest BCUT2D eigenvalue weighted by Crippen LogP contribution is 2.14. The van der Waals surface area contributed by atoms with Gasteiger partial charge in [0.1, 0.15) is 17.8 Å². The Labute approximate surface area is 150 Å². The molecule has 26 heavy (non-hydrogen) atoms. The molecule has 0 atom stereocenters. The van der Waals surface area contributed by atoms with Crippen LogP contribution in [-0.4, -0.2) is 58.4 Å². The van der Waals surface area contributed by atoms with Crippen LogP contribution < -0.4 is 10.2 Å². The Morgan fingerprint density at radius 2 is 1.96 bits per heavy atom. The molecule has 9 heteroatoms. The van der Waals surface area contributed by atoms with E-state index in [1.807, 2.05) is 23.1 Å². The number of pyridine rings is 2. The van der Waals surface area contributed by atoms with Crippen LogP contribution in [0.2, 0.25) is 0 Å². The molecule has 1 aliphatic heterocycles. The van der Waals surface area contributed by atoms with Crippen LogP contribution in [0, 0.1) is 10.1 Å². The lowest BCUT2D eigenvalue weighted by Gasteiger charge is -2.35. The maximum Gasteiger partial charge on any atom is 0.287 e. The molecular formula is C17H20N6O3. The van der Waals surface area contributed by atoms with Crippen LogP contribution in [0.3, 0.4) is 0 Å². The number of aromatic nitrogens is 2. The highest BCUT2D eigenvalue weighted by molar-refractivity contribution is 5.77. The SMILES string of the molecule is O=C(CCNc1ccc([N+](=O)[O-])cn1)N1CCN(c2ccccn2)CC1. The monoisotopic (exact) mass is 356 g/mol. The maximum absolute atomic E-state index is 12.3. The van der Waals surface area contributed by atoms with Crippen molar-refractivity contribution in [2.75, 3.05) is 42.9 Å². The Bertz CT molecular complexity index is 745. The number of carbonyl (C=O) groups is 1. The zero-order valence-corrected chi connectivity index (χ0v) is 14.2. The lowest BCUT2D eigenvalue weighted by molar-refractivity contribution is -0.385. The number of nitro groups is 1. The normalized spacial score (nSPS) is 14.2. The first-order chi connectivity index (χ1) is 12.6. The zero-order valence-electron chi connectivity index (χ0n) is 14.2. The number of carbonyl (C=O) groups excluding carboxylic acids is 1. The van der Waals surface area contributed by atoms with Crippen molar-refractivity contribution < 1.29 is 9.72 Å². The number of rotatable bonds is 6. The lowest BCUT2D eigenvalue weighted by atomic mass is 10.2. The van der Waals surface area contributed by atoms with E-state index in [4.69, 9.17) is 0 Å². The van der Waals surface area contributed by atoms with Gasteiger partial charge in [0, 0.05) is 51.4 Å². The molecule has 0 unspecified atom stereocenters. The molecule has 0 saturated carbocycles. The standard InChI is InChI=1S/C17H20N6O3/c24-17(6-8-18-15-5-4-14(13-20-15)23(25)26)22-11-9-21(10-12-22)16-3-1-2-7-19-16/h1-5,7,13H,6,8-12H2,(H,18,20). The van der Waals surface area contributed by atoms with E-state index in [-0.39, 0.29) is 11.6 Å². The predicted octanol–water partition coefficient (Wildman–Crippen LogP) is 1.54. The van der Waals surface area contributed by atoms with E-state index in [0.29, 0.717) is 31.9 Å². The first-order valence-electron chi connectivity index (χ1n) is 8.41. The topological polar surface area (TPSA) is 104 Å². The second kappa shape index (κ2) is 8.24. The molecule has 0 aliphatic carbocycles.